The summed E-state index contributed by atoms with van der Waals surface area (Å²) in [6, 6.07) is 12.2. The molecule has 1 heterocycles. The van der Waals surface area contributed by atoms with Crippen molar-refractivity contribution in [1.82, 2.24) is 0 Å². The predicted octanol–water partition coefficient (Wildman–Crippen LogP) is 3.03. The molecule has 1 atom stereocenters. The highest BCUT2D eigenvalue weighted by molar-refractivity contribution is 5.97. The molecule has 0 saturated heterocycles. The molecule has 2 aromatic rings. The van der Waals surface area contributed by atoms with Crippen LogP contribution in [0.1, 0.15) is 17.5 Å². The van der Waals surface area contributed by atoms with Gasteiger partial charge in [0.15, 0.2) is 5.75 Å². The van der Waals surface area contributed by atoms with E-state index in [1.807, 2.05) is 44.2 Å². The number of hydrogen-bond donors (Lipinski definition) is 2. The third-order valence-corrected chi connectivity index (χ3v) is 3.89. The van der Waals surface area contributed by atoms with E-state index in [0.29, 0.717) is 5.75 Å². The number of aryl methyl sites for hydroxylation is 2. The molecule has 1 aliphatic heterocycles. The van der Waals surface area contributed by atoms with E-state index in [1.54, 1.807) is 12.1 Å². The Morgan fingerprint density at radius 2 is 1.96 bits per heavy atom. The minimum Gasteiger partial charge on any atom is -0.423 e. The van der Waals surface area contributed by atoms with Gasteiger partial charge in [0, 0.05) is 5.69 Å². The molecular weight excluding hydrogens is 292 g/mol. The second-order valence-corrected chi connectivity index (χ2v) is 5.67. The van der Waals surface area contributed by atoms with Gasteiger partial charge in [-0.05, 0) is 49.2 Å². The van der Waals surface area contributed by atoms with E-state index < -0.39 is 12.0 Å². The van der Waals surface area contributed by atoms with Crippen LogP contribution in [0.2, 0.25) is 0 Å². The van der Waals surface area contributed by atoms with Crippen molar-refractivity contribution >= 4 is 23.3 Å². The van der Waals surface area contributed by atoms with Crippen molar-refractivity contribution < 1.29 is 14.3 Å². The van der Waals surface area contributed by atoms with E-state index in [0.717, 1.165) is 22.5 Å². The molecule has 2 aromatic carbocycles. The molecule has 23 heavy (non-hydrogen) atoms. The highest BCUT2D eigenvalue weighted by Gasteiger charge is 2.29. The van der Waals surface area contributed by atoms with E-state index in [4.69, 9.17) is 4.74 Å². The topological polar surface area (TPSA) is 67.4 Å². The minimum absolute atomic E-state index is 0.0140. The van der Waals surface area contributed by atoms with Gasteiger partial charge in [-0.15, -0.1) is 0 Å². The summed E-state index contributed by atoms with van der Waals surface area (Å²) in [5, 5.41) is 5.86. The summed E-state index contributed by atoms with van der Waals surface area (Å²) in [5.41, 5.74) is 3.71. The molecule has 5 nitrogen and oxygen atoms in total. The van der Waals surface area contributed by atoms with Crippen LogP contribution in [0, 0.1) is 13.8 Å². The Balaban J connectivity index is 1.66. The summed E-state index contributed by atoms with van der Waals surface area (Å²) in [7, 11) is 0. The standard InChI is InChI=1S/C18H18N2O3/c1-11-7-8-13(9-12(11)2)19-17(21)10-15-18(22)23-16-6-4-3-5-14(16)20-15/h3-9,15,20H,10H2,1-2H3,(H,19,21)/t15-/m0/s1. The number of ether oxygens (including phenoxy) is 1. The van der Waals surface area contributed by atoms with Crippen molar-refractivity contribution in [2.75, 3.05) is 10.6 Å². The average Bonchev–Trinajstić information content (AvgIpc) is 2.51. The Bertz CT molecular complexity index is 771. The van der Waals surface area contributed by atoms with Gasteiger partial charge in [-0.25, -0.2) is 4.79 Å². The number of nitrogens with one attached hydrogen (secondary N) is 2. The number of hydrogen-bond acceptors (Lipinski definition) is 4. The Morgan fingerprint density at radius 1 is 1.17 bits per heavy atom. The molecule has 2 N–H and O–H groups in total. The molecule has 1 amide bonds. The molecule has 0 radical (unpaired) electrons. The van der Waals surface area contributed by atoms with Gasteiger partial charge in [-0.3, -0.25) is 4.79 Å². The van der Waals surface area contributed by atoms with Gasteiger partial charge < -0.3 is 15.4 Å². The lowest BCUT2D eigenvalue weighted by Gasteiger charge is -2.25. The smallest absolute Gasteiger partial charge is 0.334 e. The van der Waals surface area contributed by atoms with Gasteiger partial charge in [0.05, 0.1) is 12.1 Å². The van der Waals surface area contributed by atoms with Crippen molar-refractivity contribution in [2.45, 2.75) is 26.3 Å². The normalized spacial score (nSPS) is 16.1. The third-order valence-electron chi connectivity index (χ3n) is 3.89. The maximum absolute atomic E-state index is 12.2. The number of amides is 1. The van der Waals surface area contributed by atoms with Crippen LogP contribution in [0.4, 0.5) is 11.4 Å². The highest BCUT2D eigenvalue weighted by atomic mass is 16.5. The minimum atomic E-state index is -0.684. The van der Waals surface area contributed by atoms with Crippen LogP contribution >= 0.6 is 0 Å². The van der Waals surface area contributed by atoms with Crippen LogP contribution in [0.15, 0.2) is 42.5 Å². The number of para-hydroxylation sites is 2. The van der Waals surface area contributed by atoms with Crippen molar-refractivity contribution in [3.05, 3.63) is 53.6 Å². The Hall–Kier alpha value is -2.82. The molecule has 3 rings (SSSR count). The summed E-state index contributed by atoms with van der Waals surface area (Å²) in [6.07, 6.45) is 0.0140. The molecule has 5 heteroatoms. The lowest BCUT2D eigenvalue weighted by Crippen LogP contribution is -2.39. The molecule has 0 spiro atoms. The first-order valence-electron chi connectivity index (χ1n) is 7.47. The van der Waals surface area contributed by atoms with Crippen LogP contribution in [-0.4, -0.2) is 17.9 Å². The van der Waals surface area contributed by atoms with Crippen molar-refractivity contribution in [3.8, 4) is 5.75 Å². The number of fused-ring (bicyclic) bond motifs is 1. The SMILES string of the molecule is Cc1ccc(NC(=O)C[C@@H]2Nc3ccccc3OC2=O)cc1C. The van der Waals surface area contributed by atoms with Crippen LogP contribution in [-0.2, 0) is 9.59 Å². The maximum atomic E-state index is 12.2. The Morgan fingerprint density at radius 3 is 2.74 bits per heavy atom. The molecule has 0 aliphatic carbocycles. The zero-order valence-corrected chi connectivity index (χ0v) is 13.1. The summed E-state index contributed by atoms with van der Waals surface area (Å²) in [4.78, 5) is 24.2. The summed E-state index contributed by atoms with van der Waals surface area (Å²) < 4.78 is 5.25. The zero-order valence-electron chi connectivity index (χ0n) is 13.1. The van der Waals surface area contributed by atoms with Crippen LogP contribution in [0.3, 0.4) is 0 Å². The largest absolute Gasteiger partial charge is 0.423 e. The first-order valence-corrected chi connectivity index (χ1v) is 7.47. The summed E-state index contributed by atoms with van der Waals surface area (Å²) >= 11 is 0. The van der Waals surface area contributed by atoms with E-state index >= 15 is 0 Å². The zero-order chi connectivity index (χ0) is 16.4. The fourth-order valence-electron chi connectivity index (χ4n) is 2.45. The third kappa shape index (κ3) is 3.34. The lowest BCUT2D eigenvalue weighted by molar-refractivity contribution is -0.137. The highest BCUT2D eigenvalue weighted by Crippen LogP contribution is 2.29. The van der Waals surface area contributed by atoms with Crippen molar-refractivity contribution in [3.63, 3.8) is 0 Å². The number of rotatable bonds is 3. The second-order valence-electron chi connectivity index (χ2n) is 5.67. The van der Waals surface area contributed by atoms with Crippen molar-refractivity contribution in [1.29, 1.82) is 0 Å². The van der Waals surface area contributed by atoms with Crippen molar-refractivity contribution in [2.24, 2.45) is 0 Å². The molecular formula is C18H18N2O3. The van der Waals surface area contributed by atoms with Crippen LogP contribution in [0.5, 0.6) is 5.75 Å². The van der Waals surface area contributed by atoms with Gasteiger partial charge in [0.25, 0.3) is 0 Å². The second kappa shape index (κ2) is 6.12. The summed E-state index contributed by atoms with van der Waals surface area (Å²) in [5.74, 6) is -0.190. The molecule has 1 aliphatic rings. The van der Waals surface area contributed by atoms with E-state index in [2.05, 4.69) is 10.6 Å². The molecule has 0 bridgehead atoms. The molecule has 0 saturated carbocycles. The van der Waals surface area contributed by atoms with E-state index in [1.165, 1.54) is 0 Å². The average molecular weight is 310 g/mol. The number of esters is 1. The number of carbonyl (C=O) groups excluding carboxylic acids is 2. The number of carbonyl (C=O) groups is 2. The predicted molar refractivity (Wildman–Crippen MR) is 88.7 cm³/mol. The van der Waals surface area contributed by atoms with E-state index in [-0.39, 0.29) is 12.3 Å². The van der Waals surface area contributed by atoms with Gasteiger partial charge in [0.2, 0.25) is 5.91 Å². The summed E-state index contributed by atoms with van der Waals surface area (Å²) in [6.45, 7) is 4.00. The molecule has 0 fully saturated rings. The maximum Gasteiger partial charge on any atom is 0.334 e. The lowest BCUT2D eigenvalue weighted by atomic mass is 10.1. The fraction of sp³-hybridized carbons (Fsp3) is 0.222. The first-order chi connectivity index (χ1) is 11.0. The first kappa shape index (κ1) is 15.1. The molecule has 0 aromatic heterocycles. The monoisotopic (exact) mass is 310 g/mol. The quantitative estimate of drug-likeness (QED) is 0.675. The van der Waals surface area contributed by atoms with Gasteiger partial charge >= 0.3 is 5.97 Å². The van der Waals surface area contributed by atoms with Gasteiger partial charge in [0.1, 0.15) is 6.04 Å². The van der Waals surface area contributed by atoms with Gasteiger partial charge in [-0.2, -0.15) is 0 Å². The Kier molecular flexibility index (Phi) is 4.02. The van der Waals surface area contributed by atoms with Crippen LogP contribution in [0.25, 0.3) is 0 Å². The number of benzene rings is 2. The van der Waals surface area contributed by atoms with Gasteiger partial charge in [-0.1, -0.05) is 18.2 Å². The van der Waals surface area contributed by atoms with E-state index in [9.17, 15) is 9.59 Å². The fourth-order valence-corrected chi connectivity index (χ4v) is 2.45. The molecule has 0 unspecified atom stereocenters. The number of anilines is 2. The molecule has 118 valence electrons. The van der Waals surface area contributed by atoms with Crippen LogP contribution < -0.4 is 15.4 Å². The Labute approximate surface area is 134 Å².